The number of fused-ring (bicyclic) bond motifs is 1. The average Bonchev–Trinajstić information content (AvgIpc) is 3.37. The molecule has 0 aliphatic heterocycles. The summed E-state index contributed by atoms with van der Waals surface area (Å²) in [6.45, 7) is 0. The Hall–Kier alpha value is -3.85. The summed E-state index contributed by atoms with van der Waals surface area (Å²) < 4.78 is 17.5. The van der Waals surface area contributed by atoms with Gasteiger partial charge in [-0.15, -0.1) is 16.4 Å². The van der Waals surface area contributed by atoms with Crippen molar-refractivity contribution < 1.29 is 19.0 Å². The molecule has 0 fully saturated rings. The lowest BCUT2D eigenvalue weighted by molar-refractivity contribution is -0.111. The molecule has 0 radical (unpaired) electrons. The van der Waals surface area contributed by atoms with E-state index in [-0.39, 0.29) is 11.9 Å². The van der Waals surface area contributed by atoms with Gasteiger partial charge in [0.15, 0.2) is 0 Å². The number of nitrogens with one attached hydrogen (secondary N) is 1. The number of carbonyl (C=O) groups is 1. The molecule has 31 heavy (non-hydrogen) atoms. The Morgan fingerprint density at radius 2 is 1.87 bits per heavy atom. The van der Waals surface area contributed by atoms with Crippen LogP contribution >= 0.6 is 11.3 Å². The van der Waals surface area contributed by atoms with Crippen LogP contribution in [0.4, 0.5) is 5.95 Å². The Bertz CT molecular complexity index is 1260. The summed E-state index contributed by atoms with van der Waals surface area (Å²) in [4.78, 5) is 17.5. The maximum absolute atomic E-state index is 12.4. The number of ether oxygens (including phenoxy) is 3. The molecule has 158 valence electrons. The predicted octanol–water partition coefficient (Wildman–Crippen LogP) is 4.14. The summed E-state index contributed by atoms with van der Waals surface area (Å²) in [7, 11) is 4.78. The molecule has 0 unspecified atom stereocenters. The van der Waals surface area contributed by atoms with Gasteiger partial charge in [0, 0.05) is 22.6 Å². The lowest BCUT2D eigenvalue weighted by Crippen LogP contribution is -2.09. The van der Waals surface area contributed by atoms with Gasteiger partial charge in [-0.1, -0.05) is 12.1 Å². The highest BCUT2D eigenvalue weighted by Crippen LogP contribution is 2.28. The number of methoxy groups -OCH3 is 3. The molecule has 1 N–H and O–H groups in total. The summed E-state index contributed by atoms with van der Waals surface area (Å²) in [5.74, 6) is 1.92. The number of aromatic nitrogens is 3. The van der Waals surface area contributed by atoms with Crippen LogP contribution < -0.4 is 19.5 Å². The quantitative estimate of drug-likeness (QED) is 0.438. The van der Waals surface area contributed by atoms with Gasteiger partial charge in [0.2, 0.25) is 4.96 Å². The fraction of sp³-hybridized carbons (Fsp3) is 0.136. The molecule has 4 aromatic rings. The first-order valence-corrected chi connectivity index (χ1v) is 10.2. The van der Waals surface area contributed by atoms with Crippen molar-refractivity contribution in [2.24, 2.45) is 0 Å². The minimum Gasteiger partial charge on any atom is -0.497 e. The number of hydrogen-bond acceptors (Lipinski definition) is 7. The standard InChI is InChI=1S/C22H20N4O4S/c1-28-16-6-4-5-14(11-16)18-13-31-22-24-21(25-26(18)22)23-20(27)10-7-15-12-17(29-2)8-9-19(15)30-3/h4-13H,1-3H3,(H,23,25,27)/b10-7+. The van der Waals surface area contributed by atoms with Crippen LogP contribution in [0.15, 0.2) is 53.9 Å². The summed E-state index contributed by atoms with van der Waals surface area (Å²) in [6, 6.07) is 13.0. The van der Waals surface area contributed by atoms with Crippen LogP contribution in [0.25, 0.3) is 22.3 Å². The van der Waals surface area contributed by atoms with E-state index in [2.05, 4.69) is 15.4 Å². The molecule has 0 aliphatic rings. The van der Waals surface area contributed by atoms with E-state index in [0.717, 1.165) is 22.6 Å². The number of hydrogen-bond donors (Lipinski definition) is 1. The molecular weight excluding hydrogens is 416 g/mol. The highest BCUT2D eigenvalue weighted by molar-refractivity contribution is 7.15. The number of amides is 1. The van der Waals surface area contributed by atoms with Gasteiger partial charge >= 0.3 is 0 Å². The Kier molecular flexibility index (Phi) is 5.85. The van der Waals surface area contributed by atoms with E-state index in [0.29, 0.717) is 16.5 Å². The van der Waals surface area contributed by atoms with Gasteiger partial charge in [-0.2, -0.15) is 4.98 Å². The average molecular weight is 436 g/mol. The molecule has 1 amide bonds. The first-order chi connectivity index (χ1) is 15.1. The van der Waals surface area contributed by atoms with Crippen LogP contribution in [0.2, 0.25) is 0 Å². The molecule has 2 aromatic heterocycles. The number of thiazole rings is 1. The van der Waals surface area contributed by atoms with E-state index in [9.17, 15) is 4.79 Å². The number of carbonyl (C=O) groups excluding carboxylic acids is 1. The van der Waals surface area contributed by atoms with Gasteiger partial charge in [0.25, 0.3) is 11.9 Å². The number of benzene rings is 2. The van der Waals surface area contributed by atoms with E-state index < -0.39 is 0 Å². The molecule has 0 atom stereocenters. The van der Waals surface area contributed by atoms with Crippen molar-refractivity contribution in [3.8, 4) is 28.5 Å². The van der Waals surface area contributed by atoms with Crippen LogP contribution in [0.3, 0.4) is 0 Å². The van der Waals surface area contributed by atoms with E-state index >= 15 is 0 Å². The van der Waals surface area contributed by atoms with Gasteiger partial charge in [-0.05, 0) is 36.4 Å². The minimum atomic E-state index is -0.356. The van der Waals surface area contributed by atoms with Crippen molar-refractivity contribution >= 4 is 34.2 Å². The van der Waals surface area contributed by atoms with Crippen molar-refractivity contribution in [2.45, 2.75) is 0 Å². The molecule has 0 aliphatic carbocycles. The summed E-state index contributed by atoms with van der Waals surface area (Å²) in [5, 5.41) is 9.08. The van der Waals surface area contributed by atoms with Crippen LogP contribution in [-0.2, 0) is 4.79 Å². The molecule has 0 spiro atoms. The minimum absolute atomic E-state index is 0.225. The highest BCUT2D eigenvalue weighted by atomic mass is 32.1. The Morgan fingerprint density at radius 3 is 2.65 bits per heavy atom. The van der Waals surface area contributed by atoms with Gasteiger partial charge in [0.1, 0.15) is 17.2 Å². The first-order valence-electron chi connectivity index (χ1n) is 9.31. The molecule has 4 rings (SSSR count). The van der Waals surface area contributed by atoms with E-state index in [1.807, 2.05) is 29.6 Å². The zero-order chi connectivity index (χ0) is 21.8. The maximum Gasteiger partial charge on any atom is 0.250 e. The van der Waals surface area contributed by atoms with Crippen molar-refractivity contribution in [3.63, 3.8) is 0 Å². The van der Waals surface area contributed by atoms with E-state index in [4.69, 9.17) is 14.2 Å². The van der Waals surface area contributed by atoms with Crippen molar-refractivity contribution in [1.29, 1.82) is 0 Å². The monoisotopic (exact) mass is 436 g/mol. The van der Waals surface area contributed by atoms with Crippen LogP contribution in [0.1, 0.15) is 5.56 Å². The number of anilines is 1. The van der Waals surface area contributed by atoms with Crippen LogP contribution in [0.5, 0.6) is 17.2 Å². The zero-order valence-electron chi connectivity index (χ0n) is 17.2. The molecule has 2 aromatic carbocycles. The third-order valence-corrected chi connectivity index (χ3v) is 5.35. The lowest BCUT2D eigenvalue weighted by atomic mass is 10.1. The SMILES string of the molecule is COc1cccc(-c2csc3nc(NC(=O)/C=C/c4cc(OC)ccc4OC)nn23)c1. The van der Waals surface area contributed by atoms with E-state index in [1.54, 1.807) is 50.1 Å². The molecular formula is C22H20N4O4S. The molecule has 0 saturated heterocycles. The van der Waals surface area contributed by atoms with E-state index in [1.165, 1.54) is 17.4 Å². The first kappa shape index (κ1) is 20.4. The fourth-order valence-corrected chi connectivity index (χ4v) is 3.83. The second kappa shape index (κ2) is 8.88. The Balaban J connectivity index is 1.53. The largest absolute Gasteiger partial charge is 0.497 e. The molecule has 2 heterocycles. The molecule has 0 saturated carbocycles. The normalized spacial score (nSPS) is 11.1. The fourth-order valence-electron chi connectivity index (χ4n) is 3.00. The maximum atomic E-state index is 12.4. The summed E-state index contributed by atoms with van der Waals surface area (Å²) in [5.41, 5.74) is 2.53. The second-order valence-corrected chi connectivity index (χ2v) is 7.25. The highest BCUT2D eigenvalue weighted by Gasteiger charge is 2.13. The summed E-state index contributed by atoms with van der Waals surface area (Å²) in [6.07, 6.45) is 3.05. The lowest BCUT2D eigenvalue weighted by Gasteiger charge is -2.07. The predicted molar refractivity (Wildman–Crippen MR) is 120 cm³/mol. The van der Waals surface area contributed by atoms with Gasteiger partial charge in [-0.3, -0.25) is 10.1 Å². The van der Waals surface area contributed by atoms with Crippen molar-refractivity contribution in [2.75, 3.05) is 26.6 Å². The van der Waals surface area contributed by atoms with Crippen LogP contribution in [-0.4, -0.2) is 41.8 Å². The zero-order valence-corrected chi connectivity index (χ0v) is 18.0. The Morgan fingerprint density at radius 1 is 1.06 bits per heavy atom. The molecule has 9 heteroatoms. The summed E-state index contributed by atoms with van der Waals surface area (Å²) >= 11 is 1.44. The topological polar surface area (TPSA) is 87.0 Å². The molecule has 0 bridgehead atoms. The number of nitrogens with zero attached hydrogens (tertiary/aromatic N) is 3. The van der Waals surface area contributed by atoms with Gasteiger partial charge in [-0.25, -0.2) is 4.52 Å². The van der Waals surface area contributed by atoms with Gasteiger partial charge in [0.05, 0.1) is 27.0 Å². The van der Waals surface area contributed by atoms with Crippen molar-refractivity contribution in [3.05, 3.63) is 59.5 Å². The number of rotatable bonds is 7. The van der Waals surface area contributed by atoms with Gasteiger partial charge < -0.3 is 14.2 Å². The smallest absolute Gasteiger partial charge is 0.250 e. The second-order valence-electron chi connectivity index (χ2n) is 6.41. The molecule has 8 nitrogen and oxygen atoms in total. The third kappa shape index (κ3) is 4.36. The van der Waals surface area contributed by atoms with Crippen LogP contribution in [0, 0.1) is 0 Å². The third-order valence-electron chi connectivity index (χ3n) is 4.53. The van der Waals surface area contributed by atoms with Crippen molar-refractivity contribution in [1.82, 2.24) is 14.6 Å². The Labute approximate surface area is 182 Å².